The van der Waals surface area contributed by atoms with E-state index in [0.717, 1.165) is 12.8 Å². The minimum atomic E-state index is -0.202. The molecular weight excluding hydrogens is 341 g/mol. The van der Waals surface area contributed by atoms with Crippen LogP contribution in [0, 0.1) is 5.82 Å². The summed E-state index contributed by atoms with van der Waals surface area (Å²) in [7, 11) is 1.87. The molecule has 0 radical (unpaired) electrons. The molecule has 4 heteroatoms. The van der Waals surface area contributed by atoms with E-state index in [4.69, 9.17) is 11.6 Å². The first-order valence-electron chi connectivity index (χ1n) is 7.41. The molecule has 1 aromatic carbocycles. The Kier molecular flexibility index (Phi) is 8.74. The molecule has 0 bridgehead atoms. The zero-order valence-electron chi connectivity index (χ0n) is 12.3. The van der Waals surface area contributed by atoms with Crippen molar-refractivity contribution in [1.29, 1.82) is 0 Å². The summed E-state index contributed by atoms with van der Waals surface area (Å²) < 4.78 is 14.6. The van der Waals surface area contributed by atoms with Crippen LogP contribution in [0.3, 0.4) is 0 Å². The first-order chi connectivity index (χ1) is 9.60. The SMILES string of the molecule is CCCCCCCCC(NC)c1cc(Cl)c(Br)cc1F. The third-order valence-corrected chi connectivity index (χ3v) is 4.81. The third-order valence-electron chi connectivity index (χ3n) is 3.61. The minimum absolute atomic E-state index is 0.0341. The van der Waals surface area contributed by atoms with Gasteiger partial charge in [0.25, 0.3) is 0 Å². The van der Waals surface area contributed by atoms with E-state index in [9.17, 15) is 4.39 Å². The van der Waals surface area contributed by atoms with Crippen molar-refractivity contribution in [2.45, 2.75) is 57.9 Å². The lowest BCUT2D eigenvalue weighted by atomic mass is 9.99. The van der Waals surface area contributed by atoms with Gasteiger partial charge in [0, 0.05) is 16.1 Å². The molecule has 1 nitrogen and oxygen atoms in total. The average Bonchev–Trinajstić information content (AvgIpc) is 2.43. The van der Waals surface area contributed by atoms with Crippen LogP contribution < -0.4 is 5.32 Å². The fraction of sp³-hybridized carbons (Fsp3) is 0.625. The second-order valence-electron chi connectivity index (χ2n) is 5.19. The number of rotatable bonds is 9. The second kappa shape index (κ2) is 9.75. The van der Waals surface area contributed by atoms with Crippen molar-refractivity contribution >= 4 is 27.5 Å². The summed E-state index contributed by atoms with van der Waals surface area (Å²) in [6.07, 6.45) is 8.42. The first-order valence-corrected chi connectivity index (χ1v) is 8.59. The molecule has 1 N–H and O–H groups in total. The van der Waals surface area contributed by atoms with Gasteiger partial charge in [0.05, 0.1) is 5.02 Å². The zero-order chi connectivity index (χ0) is 15.0. The molecule has 0 aromatic heterocycles. The van der Waals surface area contributed by atoms with Gasteiger partial charge in [-0.15, -0.1) is 0 Å². The molecule has 0 saturated heterocycles. The maximum absolute atomic E-state index is 14.0. The van der Waals surface area contributed by atoms with Crippen molar-refractivity contribution in [2.75, 3.05) is 7.05 Å². The minimum Gasteiger partial charge on any atom is -0.313 e. The third kappa shape index (κ3) is 5.71. The van der Waals surface area contributed by atoms with Gasteiger partial charge in [-0.3, -0.25) is 0 Å². The van der Waals surface area contributed by atoms with Crippen LogP contribution in [-0.2, 0) is 0 Å². The van der Waals surface area contributed by atoms with Gasteiger partial charge in [-0.25, -0.2) is 4.39 Å². The molecule has 0 fully saturated rings. The number of halogens is 3. The van der Waals surface area contributed by atoms with Gasteiger partial charge in [-0.1, -0.05) is 57.0 Å². The molecule has 0 spiro atoms. The van der Waals surface area contributed by atoms with Crippen molar-refractivity contribution in [3.05, 3.63) is 33.0 Å². The van der Waals surface area contributed by atoms with Crippen molar-refractivity contribution in [3.8, 4) is 0 Å². The van der Waals surface area contributed by atoms with Gasteiger partial charge in [-0.05, 0) is 41.5 Å². The lowest BCUT2D eigenvalue weighted by Gasteiger charge is -2.18. The molecule has 20 heavy (non-hydrogen) atoms. The molecule has 0 saturated carbocycles. The second-order valence-corrected chi connectivity index (χ2v) is 6.45. The Morgan fingerprint density at radius 1 is 1.20 bits per heavy atom. The zero-order valence-corrected chi connectivity index (χ0v) is 14.7. The number of unbranched alkanes of at least 4 members (excludes halogenated alkanes) is 5. The van der Waals surface area contributed by atoms with Crippen molar-refractivity contribution in [2.24, 2.45) is 0 Å². The van der Waals surface area contributed by atoms with Crippen molar-refractivity contribution in [3.63, 3.8) is 0 Å². The van der Waals surface area contributed by atoms with Crippen molar-refractivity contribution in [1.82, 2.24) is 5.32 Å². The fourth-order valence-electron chi connectivity index (χ4n) is 2.39. The van der Waals surface area contributed by atoms with Gasteiger partial charge >= 0.3 is 0 Å². The molecule has 1 aromatic rings. The predicted octanol–water partition coefficient (Wildman–Crippen LogP) is 6.25. The van der Waals surface area contributed by atoms with Gasteiger partial charge in [0.15, 0.2) is 0 Å². The first kappa shape index (κ1) is 17.9. The van der Waals surface area contributed by atoms with E-state index in [1.807, 2.05) is 7.05 Å². The largest absolute Gasteiger partial charge is 0.313 e. The van der Waals surface area contributed by atoms with Crippen LogP contribution in [0.25, 0.3) is 0 Å². The average molecular weight is 365 g/mol. The van der Waals surface area contributed by atoms with Gasteiger partial charge in [0.2, 0.25) is 0 Å². The summed E-state index contributed by atoms with van der Waals surface area (Å²) in [5, 5.41) is 3.75. The van der Waals surface area contributed by atoms with Crippen LogP contribution in [0.1, 0.15) is 63.5 Å². The number of benzene rings is 1. The van der Waals surface area contributed by atoms with E-state index in [0.29, 0.717) is 15.1 Å². The molecular formula is C16H24BrClFN. The lowest BCUT2D eigenvalue weighted by Crippen LogP contribution is -2.17. The Morgan fingerprint density at radius 3 is 2.50 bits per heavy atom. The molecule has 0 amide bonds. The van der Waals surface area contributed by atoms with Crippen LogP contribution in [0.4, 0.5) is 4.39 Å². The molecule has 0 heterocycles. The smallest absolute Gasteiger partial charge is 0.129 e. The van der Waals surface area contributed by atoms with E-state index < -0.39 is 0 Å². The Labute approximate surface area is 135 Å². The molecule has 114 valence electrons. The van der Waals surface area contributed by atoms with Crippen LogP contribution in [0.2, 0.25) is 5.02 Å². The Balaban J connectivity index is 2.52. The maximum atomic E-state index is 14.0. The Bertz CT molecular complexity index is 412. The highest BCUT2D eigenvalue weighted by Gasteiger charge is 2.15. The highest BCUT2D eigenvalue weighted by atomic mass is 79.9. The molecule has 1 rings (SSSR count). The Hall–Kier alpha value is -0.120. The number of hydrogen-bond acceptors (Lipinski definition) is 1. The molecule has 1 unspecified atom stereocenters. The van der Waals surface area contributed by atoms with E-state index in [2.05, 4.69) is 28.2 Å². The van der Waals surface area contributed by atoms with Crippen LogP contribution in [-0.4, -0.2) is 7.05 Å². The quantitative estimate of drug-likeness (QED) is 0.403. The standard InChI is InChI=1S/C16H24BrClFN/c1-3-4-5-6-7-8-9-16(20-2)12-10-14(18)13(17)11-15(12)19/h10-11,16,20H,3-9H2,1-2H3. The molecule has 0 aliphatic heterocycles. The summed E-state index contributed by atoms with van der Waals surface area (Å²) in [5.41, 5.74) is 0.661. The fourth-order valence-corrected chi connectivity index (χ4v) is 2.88. The number of hydrogen-bond donors (Lipinski definition) is 1. The topological polar surface area (TPSA) is 12.0 Å². The maximum Gasteiger partial charge on any atom is 0.129 e. The summed E-state index contributed by atoms with van der Waals surface area (Å²) in [4.78, 5) is 0. The van der Waals surface area contributed by atoms with E-state index in [1.165, 1.54) is 38.2 Å². The molecule has 0 aliphatic rings. The lowest BCUT2D eigenvalue weighted by molar-refractivity contribution is 0.476. The highest BCUT2D eigenvalue weighted by Crippen LogP contribution is 2.30. The van der Waals surface area contributed by atoms with Gasteiger partial charge < -0.3 is 5.32 Å². The summed E-state index contributed by atoms with van der Waals surface area (Å²) in [5.74, 6) is -0.202. The summed E-state index contributed by atoms with van der Waals surface area (Å²) >= 11 is 9.31. The van der Waals surface area contributed by atoms with E-state index in [1.54, 1.807) is 6.07 Å². The van der Waals surface area contributed by atoms with E-state index >= 15 is 0 Å². The Morgan fingerprint density at radius 2 is 1.85 bits per heavy atom. The summed E-state index contributed by atoms with van der Waals surface area (Å²) in [6.45, 7) is 2.22. The van der Waals surface area contributed by atoms with Gasteiger partial charge in [0.1, 0.15) is 5.82 Å². The van der Waals surface area contributed by atoms with Crippen LogP contribution in [0.5, 0.6) is 0 Å². The number of nitrogens with one attached hydrogen (secondary N) is 1. The van der Waals surface area contributed by atoms with Crippen LogP contribution >= 0.6 is 27.5 Å². The van der Waals surface area contributed by atoms with Gasteiger partial charge in [-0.2, -0.15) is 0 Å². The highest BCUT2D eigenvalue weighted by molar-refractivity contribution is 9.10. The van der Waals surface area contributed by atoms with Crippen molar-refractivity contribution < 1.29 is 4.39 Å². The summed E-state index contributed by atoms with van der Waals surface area (Å²) in [6, 6.07) is 3.20. The normalized spacial score (nSPS) is 12.7. The predicted molar refractivity (Wildman–Crippen MR) is 88.9 cm³/mol. The monoisotopic (exact) mass is 363 g/mol. The van der Waals surface area contributed by atoms with Crippen LogP contribution in [0.15, 0.2) is 16.6 Å². The molecule has 0 aliphatic carbocycles. The van der Waals surface area contributed by atoms with E-state index in [-0.39, 0.29) is 11.9 Å². The molecule has 1 atom stereocenters.